The highest BCUT2D eigenvalue weighted by Gasteiger charge is 2.09. The zero-order valence-electron chi connectivity index (χ0n) is 16.9. The quantitative estimate of drug-likeness (QED) is 0.559. The summed E-state index contributed by atoms with van der Waals surface area (Å²) in [5, 5.41) is 6.94. The highest BCUT2D eigenvalue weighted by atomic mass is 16.5. The molecule has 30 heavy (non-hydrogen) atoms. The molecule has 0 saturated carbocycles. The second kappa shape index (κ2) is 11.0. The van der Waals surface area contributed by atoms with Crippen LogP contribution in [0.2, 0.25) is 0 Å². The molecule has 0 spiro atoms. The number of nitrogens with one attached hydrogen (secondary N) is 1. The Bertz CT molecular complexity index is 1020. The molecule has 1 amide bonds. The van der Waals surface area contributed by atoms with Gasteiger partial charge < -0.3 is 14.8 Å². The molecule has 0 unspecified atom stereocenters. The van der Waals surface area contributed by atoms with Crippen molar-refractivity contribution in [3.63, 3.8) is 0 Å². The first-order valence-electron chi connectivity index (χ1n) is 9.70. The minimum Gasteiger partial charge on any atom is -0.383 e. The third-order valence-corrected chi connectivity index (χ3v) is 4.43. The molecule has 2 aromatic carbocycles. The summed E-state index contributed by atoms with van der Waals surface area (Å²) >= 11 is 0. The number of methoxy groups -OCH3 is 1. The molecule has 1 heterocycles. The van der Waals surface area contributed by atoms with Gasteiger partial charge in [0.15, 0.2) is 0 Å². The van der Waals surface area contributed by atoms with E-state index in [1.165, 1.54) is 16.8 Å². The lowest BCUT2D eigenvalue weighted by Gasteiger charge is -2.09. The average Bonchev–Trinajstić information content (AvgIpc) is 2.78. The Morgan fingerprint density at radius 1 is 0.967 bits per heavy atom. The van der Waals surface area contributed by atoms with E-state index >= 15 is 0 Å². The fourth-order valence-corrected chi connectivity index (χ4v) is 2.87. The number of carbonyl (C=O) groups is 1. The number of rotatable bonds is 10. The Morgan fingerprint density at radius 3 is 2.50 bits per heavy atom. The van der Waals surface area contributed by atoms with E-state index < -0.39 is 0 Å². The Morgan fingerprint density at radius 2 is 1.70 bits per heavy atom. The van der Waals surface area contributed by atoms with E-state index in [2.05, 4.69) is 10.4 Å². The summed E-state index contributed by atoms with van der Waals surface area (Å²) in [4.78, 5) is 24.2. The zero-order chi connectivity index (χ0) is 21.2. The van der Waals surface area contributed by atoms with Crippen molar-refractivity contribution in [1.82, 2.24) is 15.1 Å². The van der Waals surface area contributed by atoms with E-state index in [1.54, 1.807) is 7.11 Å². The van der Waals surface area contributed by atoms with Gasteiger partial charge in [0, 0.05) is 19.7 Å². The fourth-order valence-electron chi connectivity index (χ4n) is 2.87. The van der Waals surface area contributed by atoms with Crippen molar-refractivity contribution < 1.29 is 14.3 Å². The Hall–Kier alpha value is -3.29. The van der Waals surface area contributed by atoms with Crippen LogP contribution in [-0.4, -0.2) is 29.4 Å². The van der Waals surface area contributed by atoms with Gasteiger partial charge in [0.05, 0.1) is 26.4 Å². The van der Waals surface area contributed by atoms with Crippen molar-refractivity contribution in [1.29, 1.82) is 0 Å². The second-order valence-electron chi connectivity index (χ2n) is 6.75. The largest absolute Gasteiger partial charge is 0.383 e. The molecule has 0 aliphatic heterocycles. The van der Waals surface area contributed by atoms with Crippen LogP contribution in [0.25, 0.3) is 0 Å². The van der Waals surface area contributed by atoms with Gasteiger partial charge in [-0.3, -0.25) is 9.59 Å². The summed E-state index contributed by atoms with van der Waals surface area (Å²) in [6, 6.07) is 20.6. The van der Waals surface area contributed by atoms with Crippen LogP contribution in [0.1, 0.15) is 27.2 Å². The minimum absolute atomic E-state index is 0.188. The molecule has 0 saturated heterocycles. The van der Waals surface area contributed by atoms with Gasteiger partial charge in [0.1, 0.15) is 5.69 Å². The third kappa shape index (κ3) is 6.37. The first kappa shape index (κ1) is 21.4. The van der Waals surface area contributed by atoms with Crippen LogP contribution in [0.15, 0.2) is 71.5 Å². The molecule has 0 radical (unpaired) electrons. The molecule has 7 heteroatoms. The zero-order valence-corrected chi connectivity index (χ0v) is 16.9. The summed E-state index contributed by atoms with van der Waals surface area (Å²) < 4.78 is 12.0. The van der Waals surface area contributed by atoms with Gasteiger partial charge in [-0.15, -0.1) is 0 Å². The van der Waals surface area contributed by atoms with Crippen LogP contribution in [-0.2, 0) is 35.8 Å². The number of ether oxygens (including phenoxy) is 2. The van der Waals surface area contributed by atoms with E-state index in [0.717, 1.165) is 16.7 Å². The van der Waals surface area contributed by atoms with Crippen molar-refractivity contribution in [2.75, 3.05) is 13.7 Å². The summed E-state index contributed by atoms with van der Waals surface area (Å²) in [6.45, 7) is 2.03. The van der Waals surface area contributed by atoms with Gasteiger partial charge >= 0.3 is 0 Å². The topological polar surface area (TPSA) is 82.5 Å². The van der Waals surface area contributed by atoms with Crippen LogP contribution < -0.4 is 10.9 Å². The maximum atomic E-state index is 12.4. The van der Waals surface area contributed by atoms with E-state index in [-0.39, 0.29) is 17.2 Å². The van der Waals surface area contributed by atoms with Crippen molar-refractivity contribution in [3.05, 3.63) is 99.5 Å². The molecule has 0 aliphatic rings. The van der Waals surface area contributed by atoms with E-state index in [4.69, 9.17) is 9.47 Å². The van der Waals surface area contributed by atoms with Crippen molar-refractivity contribution in [3.8, 4) is 0 Å². The maximum absolute atomic E-state index is 12.4. The molecule has 1 N–H and O–H groups in total. The van der Waals surface area contributed by atoms with Gasteiger partial charge in [-0.2, -0.15) is 5.10 Å². The monoisotopic (exact) mass is 407 g/mol. The molecule has 0 atom stereocenters. The highest BCUT2D eigenvalue weighted by molar-refractivity contribution is 5.91. The fraction of sp³-hybridized carbons (Fsp3) is 0.261. The molecule has 3 rings (SSSR count). The Balaban J connectivity index is 1.53. The second-order valence-corrected chi connectivity index (χ2v) is 6.75. The molecule has 156 valence electrons. The molecule has 0 bridgehead atoms. The lowest BCUT2D eigenvalue weighted by Crippen LogP contribution is -2.30. The molecule has 0 fully saturated rings. The summed E-state index contributed by atoms with van der Waals surface area (Å²) in [5.41, 5.74) is 3.03. The first-order valence-corrected chi connectivity index (χ1v) is 9.70. The Labute approximate surface area is 175 Å². The summed E-state index contributed by atoms with van der Waals surface area (Å²) in [7, 11) is 1.54. The van der Waals surface area contributed by atoms with Gasteiger partial charge in [0.2, 0.25) is 0 Å². The van der Waals surface area contributed by atoms with Crippen molar-refractivity contribution in [2.24, 2.45) is 0 Å². The smallest absolute Gasteiger partial charge is 0.271 e. The lowest BCUT2D eigenvalue weighted by atomic mass is 10.1. The molecule has 0 aliphatic carbocycles. The summed E-state index contributed by atoms with van der Waals surface area (Å²) in [6.07, 6.45) is 0. The van der Waals surface area contributed by atoms with E-state index in [0.29, 0.717) is 32.9 Å². The van der Waals surface area contributed by atoms with Gasteiger partial charge in [-0.25, -0.2) is 4.68 Å². The highest BCUT2D eigenvalue weighted by Crippen LogP contribution is 2.09. The number of aromatic nitrogens is 2. The minimum atomic E-state index is -0.341. The maximum Gasteiger partial charge on any atom is 0.271 e. The van der Waals surface area contributed by atoms with E-state index in [9.17, 15) is 9.59 Å². The van der Waals surface area contributed by atoms with Gasteiger partial charge in [-0.1, -0.05) is 54.6 Å². The van der Waals surface area contributed by atoms with Gasteiger partial charge in [0.25, 0.3) is 11.5 Å². The molecular formula is C23H25N3O4. The number of hydrogen-bond donors (Lipinski definition) is 1. The first-order chi connectivity index (χ1) is 14.7. The Kier molecular flexibility index (Phi) is 7.88. The van der Waals surface area contributed by atoms with Crippen LogP contribution >= 0.6 is 0 Å². The molecule has 3 aromatic rings. The lowest BCUT2D eigenvalue weighted by molar-refractivity contribution is 0.0942. The van der Waals surface area contributed by atoms with Crippen LogP contribution in [0.5, 0.6) is 0 Å². The number of hydrogen-bond acceptors (Lipinski definition) is 5. The number of amides is 1. The van der Waals surface area contributed by atoms with Crippen LogP contribution in [0, 0.1) is 0 Å². The van der Waals surface area contributed by atoms with Crippen molar-refractivity contribution >= 4 is 5.91 Å². The van der Waals surface area contributed by atoms with Crippen LogP contribution in [0.4, 0.5) is 0 Å². The third-order valence-electron chi connectivity index (χ3n) is 4.43. The van der Waals surface area contributed by atoms with Crippen LogP contribution in [0.3, 0.4) is 0 Å². The van der Waals surface area contributed by atoms with Crippen molar-refractivity contribution in [2.45, 2.75) is 26.3 Å². The molecule has 1 aromatic heterocycles. The number of nitrogens with zero attached hydrogens (tertiary/aromatic N) is 2. The number of carbonyl (C=O) groups excluding carboxylic acids is 1. The van der Waals surface area contributed by atoms with E-state index in [1.807, 2.05) is 54.6 Å². The predicted molar refractivity (Wildman–Crippen MR) is 113 cm³/mol. The average molecular weight is 407 g/mol. The number of benzene rings is 2. The SMILES string of the molecule is COCCn1nc(C(=O)NCc2cccc(COCc3ccccc3)c2)ccc1=O. The summed E-state index contributed by atoms with van der Waals surface area (Å²) in [5.74, 6) is -0.341. The normalized spacial score (nSPS) is 10.7. The predicted octanol–water partition coefficient (Wildman–Crippen LogP) is 2.54. The molecule has 7 nitrogen and oxygen atoms in total. The standard InChI is InChI=1S/C23H25N3O4/c1-29-13-12-26-22(27)11-10-21(25-26)23(28)24-15-19-8-5-9-20(14-19)17-30-16-18-6-3-2-4-7-18/h2-11,14H,12-13,15-17H2,1H3,(H,24,28). The van der Waals surface area contributed by atoms with Gasteiger partial charge in [-0.05, 0) is 22.8 Å². The molecular weight excluding hydrogens is 382 g/mol.